The van der Waals surface area contributed by atoms with E-state index in [4.69, 9.17) is 82.3 Å². The quantitative estimate of drug-likeness (QED) is 0.0225. The Morgan fingerprint density at radius 1 is 0.759 bits per heavy atom. The van der Waals surface area contributed by atoms with E-state index in [1.165, 1.54) is 0 Å². The number of halogens is 7. The summed E-state index contributed by atoms with van der Waals surface area (Å²) in [5, 5.41) is 69.3. The Labute approximate surface area is 413 Å². The van der Waals surface area contributed by atoms with Crippen LogP contribution < -0.4 is 76.7 Å². The summed E-state index contributed by atoms with van der Waals surface area (Å²) >= 11 is 15.4. The van der Waals surface area contributed by atoms with Crippen LogP contribution in [0.3, 0.4) is 0 Å². The number of hydrogen-bond acceptors (Lipinski definition) is 11. The van der Waals surface area contributed by atoms with Crippen LogP contribution in [0.15, 0.2) is 0 Å². The Bertz CT molecular complexity index is 889. The number of ether oxygens (including phenoxy) is 1. The number of aliphatic carboxylic acids is 2. The number of quaternary nitrogens is 4. The van der Waals surface area contributed by atoms with E-state index in [-0.39, 0.29) is 105 Å². The number of epoxide rings is 1. The van der Waals surface area contributed by atoms with Gasteiger partial charge in [-0.05, 0) is 18.8 Å². The summed E-state index contributed by atoms with van der Waals surface area (Å²) in [4.78, 5) is 22.4. The molecule has 1 fully saturated rings. The van der Waals surface area contributed by atoms with Crippen molar-refractivity contribution in [1.29, 1.82) is 10.5 Å². The van der Waals surface area contributed by atoms with Gasteiger partial charge in [0.05, 0.1) is 128 Å². The zero-order chi connectivity index (χ0) is 44.2. The molecule has 1 saturated heterocycles. The van der Waals surface area contributed by atoms with Crippen molar-refractivity contribution in [3.8, 4) is 6.07 Å². The molecule has 5 atom stereocenters. The van der Waals surface area contributed by atoms with Crippen LogP contribution in [0.1, 0.15) is 33.1 Å². The first-order valence-corrected chi connectivity index (χ1v) is 18.3. The van der Waals surface area contributed by atoms with Crippen molar-refractivity contribution < 1.29 is 130 Å². The molecule has 24 heteroatoms. The van der Waals surface area contributed by atoms with Gasteiger partial charge in [-0.25, -0.2) is 4.84 Å². The fourth-order valence-corrected chi connectivity index (χ4v) is 3.70. The molecule has 58 heavy (non-hydrogen) atoms. The molecule has 16 nitrogen and oxygen atoms in total. The summed E-state index contributed by atoms with van der Waals surface area (Å²) < 4.78 is 7.31. The fraction of sp³-hybridized carbons (Fsp3) is 0.882. The minimum Gasteiger partial charge on any atom is -1.00 e. The molecule has 0 aromatic heterocycles. The second-order valence-corrected chi connectivity index (χ2v) is 16.5. The summed E-state index contributed by atoms with van der Waals surface area (Å²) in [6, 6.07) is 1.93. The third kappa shape index (κ3) is 117. The van der Waals surface area contributed by atoms with Gasteiger partial charge in [-0.15, -0.1) is 35.6 Å². The Morgan fingerprint density at radius 2 is 1.02 bits per heavy atom. The molecule has 6 N–H and O–H groups in total. The second kappa shape index (κ2) is 53.7. The van der Waals surface area contributed by atoms with Crippen LogP contribution in [0, 0.1) is 23.2 Å². The minimum absolute atomic E-state index is 0. The predicted molar refractivity (Wildman–Crippen MR) is 217 cm³/mol. The average Bonchev–Trinajstić information content (AvgIpc) is 3.77. The number of hydrogen-bond donors (Lipinski definition) is 6. The molecule has 0 unspecified atom stereocenters. The minimum atomic E-state index is -1.20. The number of rotatable bonds is 15. The topological polar surface area (TPSA) is 230 Å². The maximum atomic E-state index is 10.1. The van der Waals surface area contributed by atoms with Gasteiger partial charge < -0.3 is 107 Å². The molecule has 0 spiro atoms. The van der Waals surface area contributed by atoms with Crippen LogP contribution in [0.25, 0.3) is 0 Å². The number of likely N-dealkylation sites (N-methyl/N-ethyl adjacent to an activating group) is 4. The molecule has 0 aromatic rings. The third-order valence-corrected chi connectivity index (χ3v) is 5.63. The molecule has 0 radical (unpaired) electrons. The number of nitrogens with zero attached hydrogens (tertiary/aromatic N) is 6. The molecular weight excluding hydrogens is 922 g/mol. The second-order valence-electron chi connectivity index (χ2n) is 15.5. The summed E-state index contributed by atoms with van der Waals surface area (Å²) in [6.45, 7) is 11.9. The molecule has 0 saturated carbocycles. The van der Waals surface area contributed by atoms with E-state index >= 15 is 0 Å². The first-order valence-electron chi connectivity index (χ1n) is 16.8. The van der Waals surface area contributed by atoms with Crippen LogP contribution in [0.4, 0.5) is 0 Å². The molecule has 0 amide bonds. The molecular formula is C34H77Cl7N7NaO9. The normalized spacial score (nSPS) is 13.8. The monoisotopic (exact) mass is 995 g/mol. The van der Waals surface area contributed by atoms with Crippen molar-refractivity contribution in [3.63, 3.8) is 0 Å². The van der Waals surface area contributed by atoms with Gasteiger partial charge in [-0.3, -0.25) is 4.79 Å². The van der Waals surface area contributed by atoms with Gasteiger partial charge >= 0.3 is 35.5 Å². The molecule has 0 aromatic carbocycles. The van der Waals surface area contributed by atoms with Crippen molar-refractivity contribution in [1.82, 2.24) is 4.84 Å². The summed E-state index contributed by atoms with van der Waals surface area (Å²) in [6.07, 6.45) is -2.22. The molecule has 0 aliphatic carbocycles. The van der Waals surface area contributed by atoms with Gasteiger partial charge in [0.1, 0.15) is 50.6 Å². The van der Waals surface area contributed by atoms with E-state index in [2.05, 4.69) is 4.84 Å². The van der Waals surface area contributed by atoms with Crippen molar-refractivity contribution in [3.05, 3.63) is 6.57 Å². The largest absolute Gasteiger partial charge is 1.00 e. The van der Waals surface area contributed by atoms with Gasteiger partial charge in [-0.2, -0.15) is 5.26 Å². The fourth-order valence-electron chi connectivity index (χ4n) is 3.43. The Balaban J connectivity index is -0.0000000434. The van der Waals surface area contributed by atoms with E-state index in [1.54, 1.807) is 7.05 Å². The number of carboxylic acids is 2. The number of aliphatic hydroxyl groups excluding tert-OH is 4. The number of alkyl halides is 2. The van der Waals surface area contributed by atoms with Gasteiger partial charge in [-0.1, -0.05) is 13.8 Å². The van der Waals surface area contributed by atoms with E-state index in [0.29, 0.717) is 57.5 Å². The van der Waals surface area contributed by atoms with Crippen molar-refractivity contribution in [2.24, 2.45) is 0 Å². The van der Waals surface area contributed by atoms with E-state index < -0.39 is 30.3 Å². The smallest absolute Gasteiger partial charge is 1.00 e. The number of carboxylic acid groups (broad SMARTS) is 2. The van der Waals surface area contributed by atoms with Crippen molar-refractivity contribution in [2.45, 2.75) is 63.6 Å². The Hall–Kier alpha value is 0.550. The number of nitriles is 1. The van der Waals surface area contributed by atoms with Gasteiger partial charge in [0.25, 0.3) is 0 Å². The van der Waals surface area contributed by atoms with Gasteiger partial charge in [0.2, 0.25) is 0 Å². The number of carbonyl (C=O) groups is 2. The van der Waals surface area contributed by atoms with E-state index in [1.807, 2.05) is 104 Å². The van der Waals surface area contributed by atoms with Crippen LogP contribution >= 0.6 is 47.4 Å². The van der Waals surface area contributed by atoms with Crippen LogP contribution in [0.2, 0.25) is 0 Å². The van der Waals surface area contributed by atoms with Gasteiger partial charge in [0.15, 0.2) is 0 Å². The molecule has 1 aliphatic heterocycles. The standard InChI is InChI=1S/C7H15N2O.2C7H15NO3.C6H15ClNO.C3H5ClO.C2H6.CH4ClN.CN.4ClH.Na/c1-9(2,3)6-7(10)4-5-8;2*1-8(2,3)5-6(9)4-7(10)11;1-8(2,3)5-6(9)4-7;4-1-3-2-5-3;1-2;1-3-2;1-2;;;;;/h7,10H,4,6H2,1-3H3;2*6,9H,4-5H2,1-3H3;6,9H,4-5H2,1-3H3;3H,1-2H2;1-2H3;3H,1H3;;4*1H;/q+1;;;+1;;;;-1;;;;;+1/p-2/t7-;3*6-;3-;;;;;;;;/m11111......../s1. The summed E-state index contributed by atoms with van der Waals surface area (Å²) in [5.74, 6) is -1.16. The maximum absolute atomic E-state index is 10.1. The third-order valence-electron chi connectivity index (χ3n) is 4.93. The summed E-state index contributed by atoms with van der Waals surface area (Å²) in [5.41, 5.74) is 0. The molecule has 1 aliphatic rings. The zero-order valence-electron chi connectivity index (χ0n) is 37.7. The van der Waals surface area contributed by atoms with E-state index in [0.717, 1.165) is 11.1 Å². The average molecular weight is 999 g/mol. The molecule has 1 rings (SSSR count). The van der Waals surface area contributed by atoms with Crippen LogP contribution in [-0.2, 0) is 14.3 Å². The van der Waals surface area contributed by atoms with Crippen LogP contribution in [0.5, 0.6) is 0 Å². The summed E-state index contributed by atoms with van der Waals surface area (Å²) in [7, 11) is 25.1. The van der Waals surface area contributed by atoms with Gasteiger partial charge in [0, 0.05) is 12.4 Å². The molecule has 0 bridgehead atoms. The van der Waals surface area contributed by atoms with Crippen LogP contribution in [-0.4, -0.2) is 222 Å². The zero-order valence-corrected chi connectivity index (χ0v) is 45.0. The number of nitrogens with one attached hydrogen (secondary N) is 1. The maximum Gasteiger partial charge on any atom is 1.00 e. The first-order chi connectivity index (χ1) is 23.9. The Kier molecular flexibility index (Phi) is 82.8. The first kappa shape index (κ1) is 89.5. The molecule has 1 heterocycles. The SMILES string of the molecule is CC.CNCl.C[N+](C)(C)C[C@H](O)CC#N.C[N+](C)(C)C[C@H](O)CC(=O)O.C[N+](C)(C)C[C@H](O)CC(=O)[O-].C[N+](C)(C)C[C@H](O)CCl.Cl.ClC[C@@H]1CO1.[C-]#N.[Cl-].[Cl-].[Cl-].[Na+]. The van der Waals surface area contributed by atoms with E-state index in [9.17, 15) is 14.7 Å². The number of carbonyl (C=O) groups excluding carboxylic acids is 1. The van der Waals surface area contributed by atoms with Crippen molar-refractivity contribution in [2.75, 3.05) is 136 Å². The Morgan fingerprint density at radius 3 is 1.17 bits per heavy atom. The van der Waals surface area contributed by atoms with Crippen molar-refractivity contribution >= 4 is 59.3 Å². The molecule has 352 valence electrons. The predicted octanol–water partition coefficient (Wildman–Crippen LogP) is -11.5. The number of aliphatic hydroxyl groups is 4.